The Morgan fingerprint density at radius 2 is 2.29 bits per heavy atom. The van der Waals surface area contributed by atoms with E-state index < -0.39 is 6.09 Å². The molecule has 0 spiro atoms. The lowest BCUT2D eigenvalue weighted by Crippen LogP contribution is -2.53. The van der Waals surface area contributed by atoms with Crippen LogP contribution in [0, 0.1) is 11.8 Å². The third kappa shape index (κ3) is 2.85. The van der Waals surface area contributed by atoms with E-state index in [1.165, 1.54) is 0 Å². The molecule has 1 saturated carbocycles. The standard InChI is InChI=1S/C18H23N3O3/c22-17-13-8-14(15-5-1-2-7-21(15)17)16(9-13)24-18(23)20-11-12-4-3-6-19-10-12/h3-4,6,10,13-16H,1-2,5,7-9,11H2,(H,20,23)/t13?,14?,15-,16?/m1/s1. The number of carbonyl (C=O) groups is 2. The molecule has 1 aliphatic carbocycles. The molecule has 3 fully saturated rings. The lowest BCUT2D eigenvalue weighted by Gasteiger charge is -2.43. The largest absolute Gasteiger partial charge is 0.446 e. The van der Waals surface area contributed by atoms with Crippen molar-refractivity contribution in [3.8, 4) is 0 Å². The van der Waals surface area contributed by atoms with Crippen LogP contribution >= 0.6 is 0 Å². The predicted molar refractivity (Wildman–Crippen MR) is 86.9 cm³/mol. The summed E-state index contributed by atoms with van der Waals surface area (Å²) >= 11 is 0. The lowest BCUT2D eigenvalue weighted by molar-refractivity contribution is -0.143. The summed E-state index contributed by atoms with van der Waals surface area (Å²) in [4.78, 5) is 30.8. The first-order chi connectivity index (χ1) is 11.7. The molecular formula is C18H23N3O3. The number of ether oxygens (including phenoxy) is 1. The number of pyridine rings is 1. The molecule has 3 aliphatic rings. The molecule has 2 amide bonds. The zero-order chi connectivity index (χ0) is 16.5. The van der Waals surface area contributed by atoms with E-state index in [0.29, 0.717) is 18.9 Å². The summed E-state index contributed by atoms with van der Waals surface area (Å²) < 4.78 is 5.69. The van der Waals surface area contributed by atoms with Crippen LogP contribution in [0.2, 0.25) is 0 Å². The van der Waals surface area contributed by atoms with Crippen LogP contribution in [0.15, 0.2) is 24.5 Å². The van der Waals surface area contributed by atoms with Crippen LogP contribution in [0.3, 0.4) is 0 Å². The van der Waals surface area contributed by atoms with Gasteiger partial charge in [0.05, 0.1) is 0 Å². The van der Waals surface area contributed by atoms with E-state index in [-0.39, 0.29) is 24.0 Å². The van der Waals surface area contributed by atoms with E-state index >= 15 is 0 Å². The first-order valence-corrected chi connectivity index (χ1v) is 8.86. The fraction of sp³-hybridized carbons (Fsp3) is 0.611. The molecule has 2 saturated heterocycles. The van der Waals surface area contributed by atoms with Gasteiger partial charge in [-0.05, 0) is 43.7 Å². The Hall–Kier alpha value is -2.11. The number of nitrogens with one attached hydrogen (secondary N) is 1. The quantitative estimate of drug-likeness (QED) is 0.922. The van der Waals surface area contributed by atoms with Crippen molar-refractivity contribution < 1.29 is 14.3 Å². The molecule has 3 heterocycles. The van der Waals surface area contributed by atoms with Crippen LogP contribution in [0.1, 0.15) is 37.7 Å². The normalized spacial score (nSPS) is 31.5. The SMILES string of the molecule is O=C(NCc1cccnc1)OC1CC2CC1[C@H]1CCCCN1C2=O. The average Bonchev–Trinajstić information content (AvgIpc) is 2.99. The predicted octanol–water partition coefficient (Wildman–Crippen LogP) is 2.10. The minimum absolute atomic E-state index is 0.0421. The summed E-state index contributed by atoms with van der Waals surface area (Å²) in [6, 6.07) is 4.02. The monoisotopic (exact) mass is 329 g/mol. The zero-order valence-electron chi connectivity index (χ0n) is 13.7. The summed E-state index contributed by atoms with van der Waals surface area (Å²) in [5, 5.41) is 2.79. The maximum Gasteiger partial charge on any atom is 0.407 e. The highest BCUT2D eigenvalue weighted by atomic mass is 16.6. The van der Waals surface area contributed by atoms with Crippen molar-refractivity contribution in [1.29, 1.82) is 0 Å². The van der Waals surface area contributed by atoms with Gasteiger partial charge in [-0.25, -0.2) is 4.79 Å². The third-order valence-corrected chi connectivity index (χ3v) is 5.64. The fourth-order valence-corrected chi connectivity index (χ4v) is 4.54. The van der Waals surface area contributed by atoms with Crippen LogP contribution in [0.5, 0.6) is 0 Å². The molecule has 4 atom stereocenters. The molecule has 1 aromatic heterocycles. The minimum Gasteiger partial charge on any atom is -0.446 e. The smallest absolute Gasteiger partial charge is 0.407 e. The zero-order valence-corrected chi connectivity index (χ0v) is 13.7. The van der Waals surface area contributed by atoms with E-state index in [2.05, 4.69) is 15.2 Å². The second-order valence-corrected chi connectivity index (χ2v) is 7.09. The van der Waals surface area contributed by atoms with Gasteiger partial charge in [-0.1, -0.05) is 6.07 Å². The number of alkyl carbamates (subject to hydrolysis) is 1. The summed E-state index contributed by atoms with van der Waals surface area (Å²) in [5.74, 6) is 0.621. The Balaban J connectivity index is 1.37. The van der Waals surface area contributed by atoms with E-state index in [1.54, 1.807) is 12.4 Å². The van der Waals surface area contributed by atoms with Gasteiger partial charge >= 0.3 is 6.09 Å². The van der Waals surface area contributed by atoms with Gasteiger partial charge in [0.25, 0.3) is 0 Å². The molecule has 2 bridgehead atoms. The van der Waals surface area contributed by atoms with Crippen LogP contribution in [-0.2, 0) is 16.1 Å². The molecule has 6 heteroatoms. The third-order valence-electron chi connectivity index (χ3n) is 5.64. The first kappa shape index (κ1) is 15.4. The lowest BCUT2D eigenvalue weighted by atomic mass is 9.84. The molecule has 1 N–H and O–H groups in total. The highest BCUT2D eigenvalue weighted by Crippen LogP contribution is 2.45. The summed E-state index contributed by atoms with van der Waals surface area (Å²) in [6.07, 6.45) is 7.74. The molecule has 24 heavy (non-hydrogen) atoms. The van der Waals surface area contributed by atoms with Gasteiger partial charge in [0.2, 0.25) is 5.91 Å². The number of amides is 2. The van der Waals surface area contributed by atoms with Crippen LogP contribution in [0.25, 0.3) is 0 Å². The van der Waals surface area contributed by atoms with Crippen molar-refractivity contribution in [2.24, 2.45) is 11.8 Å². The fourth-order valence-electron chi connectivity index (χ4n) is 4.54. The number of carbonyl (C=O) groups excluding carboxylic acids is 2. The van der Waals surface area contributed by atoms with Crippen LogP contribution < -0.4 is 5.32 Å². The number of nitrogens with zero attached hydrogens (tertiary/aromatic N) is 2. The van der Waals surface area contributed by atoms with Crippen molar-refractivity contribution in [2.45, 2.75) is 50.8 Å². The molecule has 3 unspecified atom stereocenters. The van der Waals surface area contributed by atoms with Crippen molar-refractivity contribution in [1.82, 2.24) is 15.2 Å². The Kier molecular flexibility index (Phi) is 4.12. The van der Waals surface area contributed by atoms with Gasteiger partial charge in [-0.15, -0.1) is 0 Å². The maximum atomic E-state index is 12.5. The van der Waals surface area contributed by atoms with Gasteiger partial charge in [0.1, 0.15) is 6.10 Å². The summed E-state index contributed by atoms with van der Waals surface area (Å²) in [6.45, 7) is 1.28. The van der Waals surface area contributed by atoms with Crippen LogP contribution in [0.4, 0.5) is 4.79 Å². The molecule has 0 radical (unpaired) electrons. The Morgan fingerprint density at radius 1 is 1.38 bits per heavy atom. The van der Waals surface area contributed by atoms with Gasteiger partial charge in [-0.2, -0.15) is 0 Å². The highest BCUT2D eigenvalue weighted by molar-refractivity contribution is 5.81. The van der Waals surface area contributed by atoms with E-state index in [0.717, 1.165) is 37.8 Å². The topological polar surface area (TPSA) is 71.5 Å². The Bertz CT molecular complexity index is 621. The number of aromatic nitrogens is 1. The van der Waals surface area contributed by atoms with Crippen molar-refractivity contribution in [3.63, 3.8) is 0 Å². The van der Waals surface area contributed by atoms with Crippen LogP contribution in [-0.4, -0.2) is 40.6 Å². The van der Waals surface area contributed by atoms with Gasteiger partial charge in [0.15, 0.2) is 0 Å². The number of hydrogen-bond donors (Lipinski definition) is 1. The summed E-state index contributed by atoms with van der Waals surface area (Å²) in [7, 11) is 0. The second-order valence-electron chi connectivity index (χ2n) is 7.09. The number of hydrogen-bond acceptors (Lipinski definition) is 4. The van der Waals surface area contributed by atoms with Crippen molar-refractivity contribution in [3.05, 3.63) is 30.1 Å². The molecular weight excluding hydrogens is 306 g/mol. The van der Waals surface area contributed by atoms with Crippen molar-refractivity contribution in [2.75, 3.05) is 6.54 Å². The highest BCUT2D eigenvalue weighted by Gasteiger charge is 2.52. The molecule has 6 nitrogen and oxygen atoms in total. The molecule has 0 aromatic carbocycles. The molecule has 4 rings (SSSR count). The van der Waals surface area contributed by atoms with E-state index in [1.807, 2.05) is 12.1 Å². The van der Waals surface area contributed by atoms with Crippen molar-refractivity contribution >= 4 is 12.0 Å². The molecule has 128 valence electrons. The number of piperidine rings is 2. The molecule has 2 aliphatic heterocycles. The maximum absolute atomic E-state index is 12.5. The van der Waals surface area contributed by atoms with Gasteiger partial charge < -0.3 is 15.0 Å². The molecule has 1 aromatic rings. The van der Waals surface area contributed by atoms with Gasteiger partial charge in [0, 0.05) is 43.4 Å². The number of rotatable bonds is 3. The first-order valence-electron chi connectivity index (χ1n) is 8.86. The summed E-state index contributed by atoms with van der Waals surface area (Å²) in [5.41, 5.74) is 0.938. The Labute approximate surface area is 141 Å². The van der Waals surface area contributed by atoms with Gasteiger partial charge in [-0.3, -0.25) is 9.78 Å². The second kappa shape index (κ2) is 6.42. The van der Waals surface area contributed by atoms with E-state index in [9.17, 15) is 9.59 Å². The Morgan fingerprint density at radius 3 is 3.12 bits per heavy atom. The number of fused-ring (bicyclic) bond motifs is 4. The average molecular weight is 329 g/mol. The minimum atomic E-state index is -0.397. The van der Waals surface area contributed by atoms with E-state index in [4.69, 9.17) is 4.74 Å².